The first-order valence-electron chi connectivity index (χ1n) is 10.2. The molecular weight excluding hydrogens is 445 g/mol. The van der Waals surface area contributed by atoms with Crippen LogP contribution in [0.1, 0.15) is 18.1 Å². The zero-order valence-corrected chi connectivity index (χ0v) is 19.0. The molecular formula is C24H24FN3O4S. The number of benzene rings is 3. The van der Waals surface area contributed by atoms with Crippen molar-refractivity contribution in [2.24, 2.45) is 5.10 Å². The molecule has 0 aromatic heterocycles. The van der Waals surface area contributed by atoms with Crippen LogP contribution < -0.4 is 14.5 Å². The van der Waals surface area contributed by atoms with Crippen LogP contribution in [-0.4, -0.2) is 33.7 Å². The molecule has 0 saturated carbocycles. The number of anilines is 1. The van der Waals surface area contributed by atoms with E-state index in [1.807, 2.05) is 13.8 Å². The molecule has 7 nitrogen and oxygen atoms in total. The fourth-order valence-electron chi connectivity index (χ4n) is 2.92. The van der Waals surface area contributed by atoms with Crippen molar-refractivity contribution in [1.29, 1.82) is 0 Å². The number of nitrogens with one attached hydrogen (secondary N) is 1. The van der Waals surface area contributed by atoms with Gasteiger partial charge in [0.25, 0.3) is 15.9 Å². The standard InChI is InChI=1S/C24H24FN3O4S/c1-3-32-22-12-6-19(7-13-22)16-26-27-24(29)17-28(21-10-4-18(2)5-11-21)33(30,31)23-14-8-20(25)9-15-23/h4-16H,3,17H2,1-2H3,(H,27,29)/b26-16-. The maximum atomic E-state index is 13.3. The topological polar surface area (TPSA) is 88.1 Å². The van der Waals surface area contributed by atoms with Crippen LogP contribution in [0, 0.1) is 12.7 Å². The van der Waals surface area contributed by atoms with Gasteiger partial charge >= 0.3 is 0 Å². The molecule has 33 heavy (non-hydrogen) atoms. The van der Waals surface area contributed by atoms with Crippen molar-refractivity contribution in [1.82, 2.24) is 5.43 Å². The second-order valence-corrected chi connectivity index (χ2v) is 8.96. The quantitative estimate of drug-likeness (QED) is 0.381. The number of hydrazone groups is 1. The average Bonchev–Trinajstić information content (AvgIpc) is 2.80. The van der Waals surface area contributed by atoms with E-state index in [0.29, 0.717) is 12.3 Å². The van der Waals surface area contributed by atoms with Gasteiger partial charge in [0, 0.05) is 0 Å². The van der Waals surface area contributed by atoms with Gasteiger partial charge in [-0.25, -0.2) is 18.2 Å². The van der Waals surface area contributed by atoms with Crippen LogP contribution in [0.3, 0.4) is 0 Å². The number of carbonyl (C=O) groups excluding carboxylic acids is 1. The Hall–Kier alpha value is -3.72. The van der Waals surface area contributed by atoms with Gasteiger partial charge < -0.3 is 4.74 Å². The van der Waals surface area contributed by atoms with Crippen molar-refractivity contribution in [3.8, 4) is 5.75 Å². The Morgan fingerprint density at radius 1 is 1.03 bits per heavy atom. The minimum Gasteiger partial charge on any atom is -0.494 e. The molecule has 3 aromatic rings. The Bertz CT molecular complexity index is 1210. The van der Waals surface area contributed by atoms with Crippen LogP contribution in [-0.2, 0) is 14.8 Å². The number of amides is 1. The minimum absolute atomic E-state index is 0.129. The lowest BCUT2D eigenvalue weighted by Gasteiger charge is -2.23. The molecule has 0 atom stereocenters. The Kier molecular flexibility index (Phi) is 7.78. The van der Waals surface area contributed by atoms with Crippen molar-refractivity contribution in [3.63, 3.8) is 0 Å². The molecule has 9 heteroatoms. The summed E-state index contributed by atoms with van der Waals surface area (Å²) in [6, 6.07) is 18.2. The first-order valence-corrected chi connectivity index (χ1v) is 11.6. The van der Waals surface area contributed by atoms with E-state index in [1.54, 1.807) is 48.5 Å². The summed E-state index contributed by atoms with van der Waals surface area (Å²) in [4.78, 5) is 12.4. The summed E-state index contributed by atoms with van der Waals surface area (Å²) in [5, 5.41) is 3.91. The number of halogens is 1. The predicted octanol–water partition coefficient (Wildman–Crippen LogP) is 3.88. The molecule has 0 aliphatic heterocycles. The van der Waals surface area contributed by atoms with Crippen molar-refractivity contribution in [2.45, 2.75) is 18.7 Å². The average molecular weight is 470 g/mol. The highest BCUT2D eigenvalue weighted by Crippen LogP contribution is 2.24. The van der Waals surface area contributed by atoms with Crippen LogP contribution in [0.15, 0.2) is 82.8 Å². The van der Waals surface area contributed by atoms with Crippen LogP contribution in [0.25, 0.3) is 0 Å². The molecule has 0 aliphatic rings. The lowest BCUT2D eigenvalue weighted by atomic mass is 10.2. The number of hydrogen-bond acceptors (Lipinski definition) is 5. The van der Waals surface area contributed by atoms with Crippen molar-refractivity contribution >= 4 is 27.8 Å². The van der Waals surface area contributed by atoms with Crippen LogP contribution in [0.2, 0.25) is 0 Å². The number of aryl methyl sites for hydroxylation is 1. The van der Waals surface area contributed by atoms with Gasteiger partial charge in [-0.2, -0.15) is 5.10 Å². The molecule has 1 amide bonds. The van der Waals surface area contributed by atoms with Gasteiger partial charge in [0.2, 0.25) is 0 Å². The third-order valence-corrected chi connectivity index (χ3v) is 6.39. The third kappa shape index (κ3) is 6.39. The summed E-state index contributed by atoms with van der Waals surface area (Å²) < 4.78 is 46.1. The van der Waals surface area contributed by atoms with E-state index in [1.165, 1.54) is 6.21 Å². The predicted molar refractivity (Wildman–Crippen MR) is 125 cm³/mol. The SMILES string of the molecule is CCOc1ccc(/C=N\NC(=O)CN(c2ccc(C)cc2)S(=O)(=O)c2ccc(F)cc2)cc1. The fourth-order valence-corrected chi connectivity index (χ4v) is 4.34. The maximum absolute atomic E-state index is 13.3. The van der Waals surface area contributed by atoms with E-state index < -0.39 is 28.3 Å². The van der Waals surface area contributed by atoms with E-state index in [-0.39, 0.29) is 4.90 Å². The van der Waals surface area contributed by atoms with E-state index >= 15 is 0 Å². The third-order valence-electron chi connectivity index (χ3n) is 4.60. The summed E-state index contributed by atoms with van der Waals surface area (Å²) >= 11 is 0. The van der Waals surface area contributed by atoms with Gasteiger partial charge in [-0.1, -0.05) is 17.7 Å². The number of rotatable bonds is 9. The molecule has 3 aromatic carbocycles. The number of ether oxygens (including phenoxy) is 1. The Labute approximate surface area is 192 Å². The molecule has 172 valence electrons. The van der Waals surface area contributed by atoms with Crippen LogP contribution in [0.4, 0.5) is 10.1 Å². The fraction of sp³-hybridized carbons (Fsp3) is 0.167. The lowest BCUT2D eigenvalue weighted by Crippen LogP contribution is -2.39. The van der Waals surface area contributed by atoms with Crippen molar-refractivity contribution in [3.05, 3.63) is 89.7 Å². The molecule has 0 fully saturated rings. The molecule has 0 saturated heterocycles. The number of sulfonamides is 1. The lowest BCUT2D eigenvalue weighted by molar-refractivity contribution is -0.119. The van der Waals surface area contributed by atoms with E-state index in [2.05, 4.69) is 10.5 Å². The molecule has 0 radical (unpaired) electrons. The Morgan fingerprint density at radius 2 is 1.67 bits per heavy atom. The summed E-state index contributed by atoms with van der Waals surface area (Å²) in [5.41, 5.74) is 4.31. The number of hydrogen-bond donors (Lipinski definition) is 1. The summed E-state index contributed by atoms with van der Waals surface area (Å²) in [7, 11) is -4.13. The summed E-state index contributed by atoms with van der Waals surface area (Å²) in [5.74, 6) is -0.473. The van der Waals surface area contributed by atoms with E-state index in [0.717, 1.165) is 45.4 Å². The van der Waals surface area contributed by atoms with Gasteiger partial charge in [-0.15, -0.1) is 0 Å². The molecule has 0 aliphatic carbocycles. The molecule has 0 bridgehead atoms. The maximum Gasteiger partial charge on any atom is 0.264 e. The highest BCUT2D eigenvalue weighted by Gasteiger charge is 2.27. The number of nitrogens with zero attached hydrogens (tertiary/aromatic N) is 2. The first-order chi connectivity index (χ1) is 15.8. The molecule has 0 spiro atoms. The zero-order chi connectivity index (χ0) is 23.8. The zero-order valence-electron chi connectivity index (χ0n) is 18.2. The first kappa shape index (κ1) is 23.9. The summed E-state index contributed by atoms with van der Waals surface area (Å²) in [6.45, 7) is 3.80. The van der Waals surface area contributed by atoms with Crippen molar-refractivity contribution < 1.29 is 22.3 Å². The van der Waals surface area contributed by atoms with Crippen LogP contribution in [0.5, 0.6) is 5.75 Å². The monoisotopic (exact) mass is 469 g/mol. The molecule has 0 unspecified atom stereocenters. The smallest absolute Gasteiger partial charge is 0.264 e. The van der Waals surface area contributed by atoms with Gasteiger partial charge in [-0.05, 0) is 80.1 Å². The Morgan fingerprint density at radius 3 is 2.27 bits per heavy atom. The molecule has 3 rings (SSSR count). The largest absolute Gasteiger partial charge is 0.494 e. The normalized spacial score (nSPS) is 11.4. The van der Waals surface area contributed by atoms with E-state index in [9.17, 15) is 17.6 Å². The molecule has 0 heterocycles. The van der Waals surface area contributed by atoms with Crippen LogP contribution >= 0.6 is 0 Å². The number of carbonyl (C=O) groups is 1. The van der Waals surface area contributed by atoms with Gasteiger partial charge in [0.1, 0.15) is 18.1 Å². The van der Waals surface area contributed by atoms with E-state index in [4.69, 9.17) is 4.74 Å². The molecule has 1 N–H and O–H groups in total. The van der Waals surface area contributed by atoms with Crippen molar-refractivity contribution in [2.75, 3.05) is 17.5 Å². The van der Waals surface area contributed by atoms with Gasteiger partial charge in [0.15, 0.2) is 0 Å². The highest BCUT2D eigenvalue weighted by molar-refractivity contribution is 7.92. The minimum atomic E-state index is -4.13. The summed E-state index contributed by atoms with van der Waals surface area (Å²) in [6.07, 6.45) is 1.44. The Balaban J connectivity index is 1.77. The highest BCUT2D eigenvalue weighted by atomic mass is 32.2. The second-order valence-electron chi connectivity index (χ2n) is 7.10. The van der Waals surface area contributed by atoms with Gasteiger partial charge in [-0.3, -0.25) is 9.10 Å². The second kappa shape index (κ2) is 10.7. The van der Waals surface area contributed by atoms with Gasteiger partial charge in [0.05, 0.1) is 23.4 Å².